The van der Waals surface area contributed by atoms with Gasteiger partial charge in [-0.3, -0.25) is 14.4 Å². The van der Waals surface area contributed by atoms with E-state index >= 15 is 0 Å². The number of thioether (sulfide) groups is 1. The van der Waals surface area contributed by atoms with Gasteiger partial charge in [0.25, 0.3) is 11.8 Å². The summed E-state index contributed by atoms with van der Waals surface area (Å²) in [5.41, 5.74) is 4.55. The van der Waals surface area contributed by atoms with Crippen molar-refractivity contribution in [2.24, 2.45) is 0 Å². The third-order valence-electron chi connectivity index (χ3n) is 7.08. The van der Waals surface area contributed by atoms with Gasteiger partial charge < -0.3 is 16.0 Å². The van der Waals surface area contributed by atoms with Crippen molar-refractivity contribution in [2.45, 2.75) is 24.0 Å². The summed E-state index contributed by atoms with van der Waals surface area (Å²) < 4.78 is 14.5. The van der Waals surface area contributed by atoms with Crippen LogP contribution in [0.25, 0.3) is 6.08 Å². The Labute approximate surface area is 271 Å². The van der Waals surface area contributed by atoms with Crippen LogP contribution in [0.3, 0.4) is 0 Å². The van der Waals surface area contributed by atoms with Crippen molar-refractivity contribution < 1.29 is 18.8 Å². The minimum atomic E-state index is -0.622. The average Bonchev–Trinajstić information content (AvgIpc) is 3.07. The Hall–Kier alpha value is -5.47. The molecule has 6 nitrogen and oxygen atoms in total. The number of benzene rings is 5. The zero-order valence-corrected chi connectivity index (χ0v) is 26.1. The third-order valence-corrected chi connectivity index (χ3v) is 8.35. The van der Waals surface area contributed by atoms with E-state index in [4.69, 9.17) is 0 Å². The van der Waals surface area contributed by atoms with Gasteiger partial charge in [-0.25, -0.2) is 4.39 Å². The normalized spacial score (nSPS) is 11.8. The lowest BCUT2D eigenvalue weighted by atomic mass is 10.1. The van der Waals surface area contributed by atoms with Crippen molar-refractivity contribution in [3.8, 4) is 0 Å². The quantitative estimate of drug-likeness (QED) is 0.107. The molecule has 0 fully saturated rings. The fraction of sp³-hybridized carbons (Fsp3) is 0.0789. The van der Waals surface area contributed by atoms with Crippen molar-refractivity contribution in [1.29, 1.82) is 0 Å². The van der Waals surface area contributed by atoms with E-state index in [2.05, 4.69) is 16.0 Å². The Balaban J connectivity index is 1.33. The molecule has 0 spiro atoms. The summed E-state index contributed by atoms with van der Waals surface area (Å²) in [5.74, 6) is -1.81. The number of halogens is 1. The second-order valence-corrected chi connectivity index (χ2v) is 11.8. The van der Waals surface area contributed by atoms with Gasteiger partial charge in [0, 0.05) is 27.4 Å². The Morgan fingerprint density at radius 3 is 2.07 bits per heavy atom. The molecule has 0 radical (unpaired) electrons. The Kier molecular flexibility index (Phi) is 10.4. The molecular weight excluding hydrogens is 598 g/mol. The predicted molar refractivity (Wildman–Crippen MR) is 183 cm³/mol. The lowest BCUT2D eigenvalue weighted by molar-refractivity contribution is -0.116. The monoisotopic (exact) mass is 629 g/mol. The highest BCUT2D eigenvalue weighted by molar-refractivity contribution is 8.00. The number of amides is 3. The van der Waals surface area contributed by atoms with Gasteiger partial charge in [-0.2, -0.15) is 0 Å². The topological polar surface area (TPSA) is 87.3 Å². The lowest BCUT2D eigenvalue weighted by Crippen LogP contribution is -2.30. The van der Waals surface area contributed by atoms with E-state index in [0.717, 1.165) is 27.3 Å². The fourth-order valence-electron chi connectivity index (χ4n) is 4.69. The van der Waals surface area contributed by atoms with Gasteiger partial charge in [0.15, 0.2) is 0 Å². The molecule has 0 aliphatic carbocycles. The zero-order chi connectivity index (χ0) is 32.5. The highest BCUT2D eigenvalue weighted by atomic mass is 32.2. The molecule has 5 aromatic carbocycles. The molecular formula is C38H32FN3O3S. The average molecular weight is 630 g/mol. The molecule has 1 atom stereocenters. The molecule has 46 heavy (non-hydrogen) atoms. The summed E-state index contributed by atoms with van der Waals surface area (Å²) in [4.78, 5) is 40.6. The molecule has 0 saturated heterocycles. The summed E-state index contributed by atoms with van der Waals surface area (Å²) in [5, 5.41) is 7.94. The second kappa shape index (κ2) is 15.0. The number of carbonyl (C=O) groups is 3. The van der Waals surface area contributed by atoms with Gasteiger partial charge >= 0.3 is 0 Å². The summed E-state index contributed by atoms with van der Waals surface area (Å²) >= 11 is 1.39. The molecule has 3 amide bonds. The molecule has 0 saturated carbocycles. The predicted octanol–water partition coefficient (Wildman–Crippen LogP) is 8.32. The first-order chi connectivity index (χ1) is 22.3. The number of rotatable bonds is 10. The van der Waals surface area contributed by atoms with Crippen molar-refractivity contribution in [2.75, 3.05) is 10.6 Å². The molecule has 230 valence electrons. The highest BCUT2D eigenvalue weighted by Crippen LogP contribution is 2.37. The van der Waals surface area contributed by atoms with Gasteiger partial charge in [0.2, 0.25) is 5.91 Å². The third kappa shape index (κ3) is 8.37. The molecule has 5 aromatic rings. The first kappa shape index (κ1) is 31.9. The van der Waals surface area contributed by atoms with Crippen LogP contribution in [0.5, 0.6) is 0 Å². The molecule has 0 aliphatic heterocycles. The van der Waals surface area contributed by atoms with Crippen molar-refractivity contribution in [1.82, 2.24) is 5.32 Å². The van der Waals surface area contributed by atoms with Crippen molar-refractivity contribution in [3.05, 3.63) is 167 Å². The number of aryl methyl sites for hydroxylation is 2. The Morgan fingerprint density at radius 1 is 0.739 bits per heavy atom. The van der Waals surface area contributed by atoms with E-state index in [-0.39, 0.29) is 17.2 Å². The van der Waals surface area contributed by atoms with Gasteiger partial charge in [0.1, 0.15) is 16.8 Å². The number of anilines is 2. The molecule has 8 heteroatoms. The summed E-state index contributed by atoms with van der Waals surface area (Å²) in [6.07, 6.45) is 1.30. The number of carbonyl (C=O) groups excluding carboxylic acids is 3. The maximum atomic E-state index is 14.5. The maximum Gasteiger partial charge on any atom is 0.272 e. The molecule has 1 unspecified atom stereocenters. The van der Waals surface area contributed by atoms with Crippen LogP contribution in [0.15, 0.2) is 138 Å². The van der Waals surface area contributed by atoms with Crippen LogP contribution < -0.4 is 16.0 Å². The van der Waals surface area contributed by atoms with Gasteiger partial charge in [-0.05, 0) is 79.6 Å². The highest BCUT2D eigenvalue weighted by Gasteiger charge is 2.23. The summed E-state index contributed by atoms with van der Waals surface area (Å²) in [6.45, 7) is 3.97. The van der Waals surface area contributed by atoms with Crippen LogP contribution in [-0.2, 0) is 9.59 Å². The SMILES string of the molecule is Cc1ccc(NC(=O)C(Sc2ccc(NC(=O)/C(=C/c3ccccc3F)NC(=O)c3ccccc3)cc2)c2ccccc2)c(C)c1. The fourth-order valence-corrected chi connectivity index (χ4v) is 5.72. The molecule has 3 N–H and O–H groups in total. The summed E-state index contributed by atoms with van der Waals surface area (Å²) in [6, 6.07) is 36.9. The minimum Gasteiger partial charge on any atom is -0.325 e. The lowest BCUT2D eigenvalue weighted by Gasteiger charge is -2.18. The van der Waals surface area contributed by atoms with Crippen LogP contribution in [0.2, 0.25) is 0 Å². The first-order valence-corrected chi connectivity index (χ1v) is 15.5. The molecule has 0 aromatic heterocycles. The molecule has 0 heterocycles. The Morgan fingerprint density at radius 2 is 1.39 bits per heavy atom. The largest absolute Gasteiger partial charge is 0.325 e. The number of nitrogens with one attached hydrogen (secondary N) is 3. The van der Waals surface area contributed by atoms with Crippen LogP contribution in [0.4, 0.5) is 15.8 Å². The number of hydrogen-bond donors (Lipinski definition) is 3. The second-order valence-electron chi connectivity index (χ2n) is 10.6. The van der Waals surface area contributed by atoms with E-state index in [0.29, 0.717) is 11.3 Å². The maximum absolute atomic E-state index is 14.5. The molecule has 0 bridgehead atoms. The Bertz CT molecular complexity index is 1880. The number of hydrogen-bond acceptors (Lipinski definition) is 4. The van der Waals surface area contributed by atoms with Crippen molar-refractivity contribution in [3.63, 3.8) is 0 Å². The first-order valence-electron chi connectivity index (χ1n) is 14.6. The van der Waals surface area contributed by atoms with Gasteiger partial charge in [-0.15, -0.1) is 11.8 Å². The van der Waals surface area contributed by atoms with E-state index in [1.54, 1.807) is 54.6 Å². The van der Waals surface area contributed by atoms with Gasteiger partial charge in [-0.1, -0.05) is 84.4 Å². The molecule has 0 aliphatic rings. The van der Waals surface area contributed by atoms with Gasteiger partial charge in [0.05, 0.1) is 0 Å². The zero-order valence-electron chi connectivity index (χ0n) is 25.3. The van der Waals surface area contributed by atoms with Crippen molar-refractivity contribution >= 4 is 46.9 Å². The van der Waals surface area contributed by atoms with Crippen LogP contribution >= 0.6 is 11.8 Å². The van der Waals surface area contributed by atoms with Crippen LogP contribution in [0, 0.1) is 19.7 Å². The summed E-state index contributed by atoms with van der Waals surface area (Å²) in [7, 11) is 0. The van der Waals surface area contributed by atoms with Crippen LogP contribution in [-0.4, -0.2) is 17.7 Å². The van der Waals surface area contributed by atoms with E-state index in [9.17, 15) is 18.8 Å². The van der Waals surface area contributed by atoms with Crippen LogP contribution in [0.1, 0.15) is 37.9 Å². The smallest absolute Gasteiger partial charge is 0.272 e. The van der Waals surface area contributed by atoms with E-state index < -0.39 is 22.9 Å². The minimum absolute atomic E-state index is 0.121. The molecule has 5 rings (SSSR count). The standard InChI is InChI=1S/C38H32FN3O3S/c1-25-17-22-33(26(2)23-25)41-38(45)35(27-11-5-3-6-12-27)46-31-20-18-30(19-21-31)40-37(44)34(24-29-15-9-10-16-32(29)39)42-36(43)28-13-7-4-8-14-28/h3-24,35H,1-2H3,(H,40,44)(H,41,45)(H,42,43)/b34-24-. The van der Waals surface area contributed by atoms with E-state index in [1.807, 2.05) is 74.5 Å². The van der Waals surface area contributed by atoms with E-state index in [1.165, 1.54) is 30.0 Å².